The first-order valence-electron chi connectivity index (χ1n) is 14.7. The molecule has 11 heteroatoms. The quantitative estimate of drug-likeness (QED) is 0.182. The Morgan fingerprint density at radius 1 is 1.09 bits per heavy atom. The minimum Gasteiger partial charge on any atom is -0.373 e. The fourth-order valence-corrected chi connectivity index (χ4v) is 4.80. The van der Waals surface area contributed by atoms with Gasteiger partial charge in [-0.15, -0.1) is 0 Å². The lowest BCUT2D eigenvalue weighted by atomic mass is 9.85. The van der Waals surface area contributed by atoms with E-state index >= 15 is 4.39 Å². The van der Waals surface area contributed by atoms with Crippen molar-refractivity contribution in [3.63, 3.8) is 0 Å². The van der Waals surface area contributed by atoms with Crippen LogP contribution in [-0.4, -0.2) is 64.6 Å². The number of fused-ring (bicyclic) bond motifs is 1. The van der Waals surface area contributed by atoms with Crippen LogP contribution in [0.4, 0.5) is 27.1 Å². The summed E-state index contributed by atoms with van der Waals surface area (Å²) < 4.78 is 17.1. The number of imidazole rings is 1. The third-order valence-electron chi connectivity index (χ3n) is 7.70. The molecule has 0 fully saturated rings. The van der Waals surface area contributed by atoms with Crippen LogP contribution in [0.25, 0.3) is 5.65 Å². The SMILES string of the molecule is Cc1cc(F)c(C(=O)Nc2cc(N(C)CCN(C)C)cc(C(C)(C)C#N)c2)cc1C#Cc1cnc2c(Nc3cn[nH]c3)cccn12. The first-order chi connectivity index (χ1) is 21.9. The predicted molar refractivity (Wildman–Crippen MR) is 179 cm³/mol. The number of hydrogen-bond donors (Lipinski definition) is 3. The van der Waals surface area contributed by atoms with Crippen molar-refractivity contribution in [2.45, 2.75) is 26.2 Å². The van der Waals surface area contributed by atoms with E-state index in [1.165, 1.54) is 12.1 Å². The van der Waals surface area contributed by atoms with Crippen LogP contribution < -0.4 is 15.5 Å². The molecule has 0 aliphatic rings. The lowest BCUT2D eigenvalue weighted by Crippen LogP contribution is -2.29. The molecule has 3 aromatic heterocycles. The summed E-state index contributed by atoms with van der Waals surface area (Å²) in [7, 11) is 5.95. The van der Waals surface area contributed by atoms with Gasteiger partial charge in [0.05, 0.1) is 40.8 Å². The van der Waals surface area contributed by atoms with Crippen molar-refractivity contribution in [1.82, 2.24) is 24.5 Å². The number of hydrogen-bond acceptors (Lipinski definition) is 7. The molecule has 0 aliphatic carbocycles. The van der Waals surface area contributed by atoms with E-state index in [4.69, 9.17) is 0 Å². The van der Waals surface area contributed by atoms with Crippen molar-refractivity contribution in [3.05, 3.63) is 101 Å². The summed E-state index contributed by atoms with van der Waals surface area (Å²) in [6.07, 6.45) is 6.94. The fraction of sp³-hybridized carbons (Fsp3) is 0.257. The maximum Gasteiger partial charge on any atom is 0.258 e. The number of likely N-dealkylation sites (N-methyl/N-ethyl adjacent to an activating group) is 2. The van der Waals surface area contributed by atoms with E-state index in [2.05, 4.69) is 53.5 Å². The van der Waals surface area contributed by atoms with Crippen LogP contribution in [0.2, 0.25) is 0 Å². The molecular weight excluding hydrogens is 581 g/mol. The number of anilines is 4. The second kappa shape index (κ2) is 13.1. The standard InChI is InChI=1S/C35H36FN9O/c1-23-14-31(36)30(34(46)42-26-16-25(35(2,3)22-37)17-29(18-26)44(6)13-12-43(4)5)15-24(23)9-10-28-21-38-33-32(8-7-11-45(28)33)41-27-19-39-40-20-27/h7-8,11,14-21,41H,12-13H2,1-6H3,(H,39,40)(H,42,46). The molecule has 5 rings (SSSR count). The van der Waals surface area contributed by atoms with Crippen LogP contribution in [0.1, 0.15) is 46.6 Å². The van der Waals surface area contributed by atoms with E-state index in [-0.39, 0.29) is 5.56 Å². The van der Waals surface area contributed by atoms with Crippen LogP contribution >= 0.6 is 0 Å². The smallest absolute Gasteiger partial charge is 0.258 e. The number of nitrogens with zero attached hydrogens (tertiary/aromatic N) is 6. The Labute approximate surface area is 267 Å². The number of H-pyrrole nitrogens is 1. The monoisotopic (exact) mass is 617 g/mol. The first-order valence-corrected chi connectivity index (χ1v) is 14.7. The lowest BCUT2D eigenvalue weighted by molar-refractivity contribution is 0.102. The molecule has 2 aromatic carbocycles. The highest BCUT2D eigenvalue weighted by atomic mass is 19.1. The van der Waals surface area contributed by atoms with E-state index in [9.17, 15) is 10.1 Å². The minimum atomic E-state index is -0.802. The topological polar surface area (TPSA) is 117 Å². The Morgan fingerprint density at radius 2 is 1.89 bits per heavy atom. The van der Waals surface area contributed by atoms with Gasteiger partial charge in [0.25, 0.3) is 5.91 Å². The molecular formula is C35H36FN9O. The summed E-state index contributed by atoms with van der Waals surface area (Å²) in [5, 5.41) is 22.7. The molecule has 0 atom stereocenters. The number of aromatic amines is 1. The Hall–Kier alpha value is -5.65. The Morgan fingerprint density at radius 3 is 2.61 bits per heavy atom. The second-order valence-electron chi connectivity index (χ2n) is 12.0. The van der Waals surface area contributed by atoms with Gasteiger partial charge in [-0.3, -0.25) is 14.3 Å². The van der Waals surface area contributed by atoms with Crippen molar-refractivity contribution in [1.29, 1.82) is 5.26 Å². The van der Waals surface area contributed by atoms with Crippen molar-refractivity contribution in [2.24, 2.45) is 0 Å². The maximum absolute atomic E-state index is 15.2. The number of nitriles is 1. The molecule has 0 saturated carbocycles. The lowest BCUT2D eigenvalue weighted by Gasteiger charge is -2.25. The van der Waals surface area contributed by atoms with Crippen molar-refractivity contribution < 1.29 is 9.18 Å². The van der Waals surface area contributed by atoms with Crippen LogP contribution in [0.15, 0.2) is 67.3 Å². The number of nitrogens with one attached hydrogen (secondary N) is 3. The van der Waals surface area contributed by atoms with E-state index in [1.54, 1.807) is 31.6 Å². The van der Waals surface area contributed by atoms with Crippen molar-refractivity contribution in [3.8, 4) is 17.9 Å². The highest BCUT2D eigenvalue weighted by Gasteiger charge is 2.23. The third kappa shape index (κ3) is 7.01. The molecule has 0 radical (unpaired) electrons. The van der Waals surface area contributed by atoms with Gasteiger partial charge in [0, 0.05) is 49.5 Å². The molecule has 5 aromatic rings. The number of aryl methyl sites for hydroxylation is 1. The zero-order valence-electron chi connectivity index (χ0n) is 26.7. The molecule has 0 spiro atoms. The summed E-state index contributed by atoms with van der Waals surface area (Å²) >= 11 is 0. The zero-order chi connectivity index (χ0) is 33.0. The molecule has 0 bridgehead atoms. The second-order valence-corrected chi connectivity index (χ2v) is 12.0. The van der Waals surface area contributed by atoms with Crippen LogP contribution in [0.5, 0.6) is 0 Å². The molecule has 3 heterocycles. The van der Waals surface area contributed by atoms with Crippen LogP contribution in [-0.2, 0) is 5.41 Å². The molecule has 0 aliphatic heterocycles. The maximum atomic E-state index is 15.2. The number of rotatable bonds is 9. The summed E-state index contributed by atoms with van der Waals surface area (Å²) in [6, 6.07) is 14.4. The van der Waals surface area contributed by atoms with Gasteiger partial charge < -0.3 is 20.4 Å². The van der Waals surface area contributed by atoms with Crippen LogP contribution in [0.3, 0.4) is 0 Å². The number of amides is 1. The Bertz CT molecular complexity index is 1990. The van der Waals surface area contributed by atoms with Gasteiger partial charge in [-0.25, -0.2) is 9.37 Å². The minimum absolute atomic E-state index is 0.132. The van der Waals surface area contributed by atoms with Crippen LogP contribution in [0, 0.1) is 35.9 Å². The van der Waals surface area contributed by atoms with E-state index in [0.29, 0.717) is 28.2 Å². The molecule has 234 valence electrons. The van der Waals surface area contributed by atoms with Crippen molar-refractivity contribution in [2.75, 3.05) is 49.8 Å². The molecule has 0 saturated heterocycles. The molecule has 3 N–H and O–H groups in total. The van der Waals surface area contributed by atoms with Gasteiger partial charge >= 0.3 is 0 Å². The normalized spacial score (nSPS) is 11.2. The van der Waals surface area contributed by atoms with E-state index in [1.807, 2.05) is 69.9 Å². The number of carbonyl (C=O) groups excluding carboxylic acids is 1. The highest BCUT2D eigenvalue weighted by Crippen LogP contribution is 2.31. The number of halogens is 1. The molecule has 46 heavy (non-hydrogen) atoms. The summed E-state index contributed by atoms with van der Waals surface area (Å²) in [4.78, 5) is 22.2. The Balaban J connectivity index is 1.43. The van der Waals surface area contributed by atoms with Gasteiger partial charge in [0.1, 0.15) is 11.5 Å². The van der Waals surface area contributed by atoms with E-state index in [0.717, 1.165) is 35.7 Å². The number of pyridine rings is 1. The van der Waals surface area contributed by atoms with Crippen molar-refractivity contribution >= 4 is 34.3 Å². The van der Waals surface area contributed by atoms with Gasteiger partial charge in [0.15, 0.2) is 5.65 Å². The third-order valence-corrected chi connectivity index (χ3v) is 7.70. The summed E-state index contributed by atoms with van der Waals surface area (Å²) in [5.41, 5.74) is 5.11. The average Bonchev–Trinajstić information content (AvgIpc) is 3.69. The van der Waals surface area contributed by atoms with Gasteiger partial charge in [-0.2, -0.15) is 10.4 Å². The number of carbonyl (C=O) groups is 1. The molecule has 1 amide bonds. The van der Waals surface area contributed by atoms with E-state index < -0.39 is 17.1 Å². The van der Waals surface area contributed by atoms with Gasteiger partial charge in [0.2, 0.25) is 0 Å². The highest BCUT2D eigenvalue weighted by molar-refractivity contribution is 6.05. The largest absolute Gasteiger partial charge is 0.373 e. The fourth-order valence-electron chi connectivity index (χ4n) is 4.80. The zero-order valence-corrected chi connectivity index (χ0v) is 26.7. The Kier molecular flexibility index (Phi) is 9.08. The summed E-state index contributed by atoms with van der Waals surface area (Å²) in [6.45, 7) is 6.95. The first kappa shape index (κ1) is 31.8. The molecule has 0 unspecified atom stereocenters. The van der Waals surface area contributed by atoms with Gasteiger partial charge in [-0.05, 0) is 94.4 Å². The molecule has 10 nitrogen and oxygen atoms in total. The predicted octanol–water partition coefficient (Wildman–Crippen LogP) is 5.70. The van der Waals surface area contributed by atoms with Gasteiger partial charge in [-0.1, -0.05) is 5.92 Å². The summed E-state index contributed by atoms with van der Waals surface area (Å²) in [5.74, 6) is 4.97. The number of aromatic nitrogens is 4. The average molecular weight is 618 g/mol. The number of benzene rings is 2.